The van der Waals surface area contributed by atoms with Gasteiger partial charge in [0.05, 0.1) is 6.10 Å². The lowest BCUT2D eigenvalue weighted by Crippen LogP contribution is -2.65. The second kappa shape index (κ2) is 5.33. The number of carbonyl (C=O) groups is 1. The zero-order valence-corrected chi connectivity index (χ0v) is 10.5. The zero-order valence-electron chi connectivity index (χ0n) is 10.5. The molecule has 5 nitrogen and oxygen atoms in total. The van der Waals surface area contributed by atoms with Crippen LogP contribution < -0.4 is 16.4 Å². The summed E-state index contributed by atoms with van der Waals surface area (Å²) in [6.45, 7) is 5.31. The van der Waals surface area contributed by atoms with E-state index in [2.05, 4.69) is 17.6 Å². The van der Waals surface area contributed by atoms with Crippen molar-refractivity contribution in [1.82, 2.24) is 10.6 Å². The summed E-state index contributed by atoms with van der Waals surface area (Å²) in [5.74, 6) is -0.0142. The lowest BCUT2D eigenvalue weighted by molar-refractivity contribution is -0.127. The Kier molecular flexibility index (Phi) is 4.01. The molecular formula is C12H23N3O2. The van der Waals surface area contributed by atoms with Crippen LogP contribution in [0.5, 0.6) is 0 Å². The summed E-state index contributed by atoms with van der Waals surface area (Å²) in [6, 6.07) is 0. The number of nitrogens with one attached hydrogen (secondary N) is 2. The van der Waals surface area contributed by atoms with E-state index >= 15 is 0 Å². The van der Waals surface area contributed by atoms with E-state index in [-0.39, 0.29) is 17.9 Å². The first-order valence-electron chi connectivity index (χ1n) is 6.52. The molecule has 0 aromatic heterocycles. The van der Waals surface area contributed by atoms with E-state index in [1.807, 2.05) is 0 Å². The van der Waals surface area contributed by atoms with Gasteiger partial charge in [-0.25, -0.2) is 0 Å². The standard InChI is InChI=1S/C12H23N3O2/c1-9-7-14-5-4-12(9,11(13)16)15-8-10-3-2-6-17-10/h9-10,14-15H,2-8H2,1H3,(H2,13,16). The molecule has 2 heterocycles. The Morgan fingerprint density at radius 2 is 2.47 bits per heavy atom. The number of piperidine rings is 1. The minimum atomic E-state index is -0.558. The molecule has 0 saturated carbocycles. The highest BCUT2D eigenvalue weighted by molar-refractivity contribution is 5.85. The first-order valence-corrected chi connectivity index (χ1v) is 6.52. The third-order valence-corrected chi connectivity index (χ3v) is 4.10. The fourth-order valence-corrected chi connectivity index (χ4v) is 2.84. The Bertz CT molecular complexity index is 279. The topological polar surface area (TPSA) is 76.4 Å². The Morgan fingerprint density at radius 1 is 1.65 bits per heavy atom. The highest BCUT2D eigenvalue weighted by atomic mass is 16.5. The van der Waals surface area contributed by atoms with Crippen molar-refractivity contribution in [3.05, 3.63) is 0 Å². The van der Waals surface area contributed by atoms with Crippen LogP contribution in [-0.4, -0.2) is 43.8 Å². The first-order chi connectivity index (χ1) is 8.15. The summed E-state index contributed by atoms with van der Waals surface area (Å²) >= 11 is 0. The number of primary amides is 1. The Balaban J connectivity index is 1.97. The fraction of sp³-hybridized carbons (Fsp3) is 0.917. The van der Waals surface area contributed by atoms with Crippen LogP contribution in [0.15, 0.2) is 0 Å². The largest absolute Gasteiger partial charge is 0.377 e. The molecule has 2 aliphatic heterocycles. The molecule has 5 heteroatoms. The number of hydrogen-bond donors (Lipinski definition) is 3. The zero-order chi connectivity index (χ0) is 12.3. The van der Waals surface area contributed by atoms with Crippen molar-refractivity contribution in [2.75, 3.05) is 26.2 Å². The molecule has 0 aromatic rings. The van der Waals surface area contributed by atoms with Gasteiger partial charge in [-0.3, -0.25) is 4.79 Å². The first kappa shape index (κ1) is 12.8. The molecule has 2 aliphatic rings. The quantitative estimate of drug-likeness (QED) is 0.626. The summed E-state index contributed by atoms with van der Waals surface area (Å²) < 4.78 is 5.57. The number of nitrogens with two attached hydrogens (primary N) is 1. The van der Waals surface area contributed by atoms with Gasteiger partial charge in [0.25, 0.3) is 0 Å². The number of hydrogen-bond acceptors (Lipinski definition) is 4. The van der Waals surface area contributed by atoms with Crippen LogP contribution in [0.3, 0.4) is 0 Å². The van der Waals surface area contributed by atoms with Crippen molar-refractivity contribution in [3.8, 4) is 0 Å². The predicted octanol–water partition coefficient (Wildman–Crippen LogP) is -0.391. The van der Waals surface area contributed by atoms with Crippen molar-refractivity contribution in [1.29, 1.82) is 0 Å². The van der Waals surface area contributed by atoms with Gasteiger partial charge in [-0.05, 0) is 38.3 Å². The number of carbonyl (C=O) groups excluding carboxylic acids is 1. The molecule has 0 bridgehead atoms. The van der Waals surface area contributed by atoms with Crippen molar-refractivity contribution in [2.24, 2.45) is 11.7 Å². The summed E-state index contributed by atoms with van der Waals surface area (Å²) in [4.78, 5) is 11.8. The Morgan fingerprint density at radius 3 is 3.06 bits per heavy atom. The van der Waals surface area contributed by atoms with Crippen LogP contribution in [-0.2, 0) is 9.53 Å². The molecule has 3 atom stereocenters. The molecule has 0 spiro atoms. The maximum Gasteiger partial charge on any atom is 0.238 e. The average Bonchev–Trinajstić information content (AvgIpc) is 2.81. The van der Waals surface area contributed by atoms with Crippen LogP contribution in [0.2, 0.25) is 0 Å². The second-order valence-electron chi connectivity index (χ2n) is 5.21. The van der Waals surface area contributed by atoms with Crippen molar-refractivity contribution < 1.29 is 9.53 Å². The molecule has 0 aliphatic carbocycles. The van der Waals surface area contributed by atoms with E-state index in [0.717, 1.165) is 45.5 Å². The van der Waals surface area contributed by atoms with Crippen LogP contribution >= 0.6 is 0 Å². The molecule has 3 unspecified atom stereocenters. The molecule has 2 fully saturated rings. The van der Waals surface area contributed by atoms with E-state index < -0.39 is 5.54 Å². The maximum absolute atomic E-state index is 11.8. The fourth-order valence-electron chi connectivity index (χ4n) is 2.84. The highest BCUT2D eigenvalue weighted by Gasteiger charge is 2.43. The van der Waals surface area contributed by atoms with Gasteiger partial charge < -0.3 is 21.1 Å². The van der Waals surface area contributed by atoms with Gasteiger partial charge >= 0.3 is 0 Å². The maximum atomic E-state index is 11.8. The normalized spacial score (nSPS) is 38.2. The molecule has 1 amide bonds. The summed E-state index contributed by atoms with van der Waals surface area (Å²) in [6.07, 6.45) is 3.20. The van der Waals surface area contributed by atoms with Gasteiger partial charge in [0, 0.05) is 13.2 Å². The van der Waals surface area contributed by atoms with Crippen LogP contribution in [0.25, 0.3) is 0 Å². The van der Waals surface area contributed by atoms with E-state index in [9.17, 15) is 4.79 Å². The minimum absolute atomic E-state index is 0.218. The summed E-state index contributed by atoms with van der Waals surface area (Å²) in [7, 11) is 0. The third-order valence-electron chi connectivity index (χ3n) is 4.10. The van der Waals surface area contributed by atoms with E-state index in [1.54, 1.807) is 0 Å². The molecule has 0 radical (unpaired) electrons. The summed E-state index contributed by atoms with van der Waals surface area (Å²) in [5, 5.41) is 6.68. The lowest BCUT2D eigenvalue weighted by atomic mass is 9.78. The molecule has 0 aromatic carbocycles. The number of amides is 1. The second-order valence-corrected chi connectivity index (χ2v) is 5.21. The third kappa shape index (κ3) is 2.61. The van der Waals surface area contributed by atoms with Crippen LogP contribution in [0, 0.1) is 5.92 Å². The Labute approximate surface area is 102 Å². The summed E-state index contributed by atoms with van der Waals surface area (Å²) in [5.41, 5.74) is 5.05. The van der Waals surface area contributed by atoms with Gasteiger partial charge in [0.2, 0.25) is 5.91 Å². The van der Waals surface area contributed by atoms with Crippen LogP contribution in [0.1, 0.15) is 26.2 Å². The Hall–Kier alpha value is -0.650. The smallest absolute Gasteiger partial charge is 0.238 e. The molecule has 2 rings (SSSR count). The lowest BCUT2D eigenvalue weighted by Gasteiger charge is -2.41. The molecule has 2 saturated heterocycles. The van der Waals surface area contributed by atoms with Crippen molar-refractivity contribution >= 4 is 5.91 Å². The van der Waals surface area contributed by atoms with Gasteiger partial charge in [-0.2, -0.15) is 0 Å². The SMILES string of the molecule is CC1CNCCC1(NCC1CCCO1)C(N)=O. The van der Waals surface area contributed by atoms with E-state index in [4.69, 9.17) is 10.5 Å². The van der Waals surface area contributed by atoms with Gasteiger partial charge in [-0.1, -0.05) is 6.92 Å². The minimum Gasteiger partial charge on any atom is -0.377 e. The van der Waals surface area contributed by atoms with E-state index in [0.29, 0.717) is 0 Å². The molecule has 17 heavy (non-hydrogen) atoms. The van der Waals surface area contributed by atoms with Gasteiger partial charge in [0.1, 0.15) is 5.54 Å². The van der Waals surface area contributed by atoms with Gasteiger partial charge in [0.15, 0.2) is 0 Å². The highest BCUT2D eigenvalue weighted by Crippen LogP contribution is 2.24. The number of rotatable bonds is 4. The van der Waals surface area contributed by atoms with E-state index in [1.165, 1.54) is 0 Å². The van der Waals surface area contributed by atoms with Crippen LogP contribution in [0.4, 0.5) is 0 Å². The number of ether oxygens (including phenoxy) is 1. The predicted molar refractivity (Wildman–Crippen MR) is 65.6 cm³/mol. The van der Waals surface area contributed by atoms with Crippen molar-refractivity contribution in [2.45, 2.75) is 37.8 Å². The van der Waals surface area contributed by atoms with Crippen molar-refractivity contribution in [3.63, 3.8) is 0 Å². The van der Waals surface area contributed by atoms with Gasteiger partial charge in [-0.15, -0.1) is 0 Å². The molecular weight excluding hydrogens is 218 g/mol. The average molecular weight is 241 g/mol. The monoisotopic (exact) mass is 241 g/mol. The molecule has 4 N–H and O–H groups in total. The molecule has 98 valence electrons.